The Kier molecular flexibility index (Phi) is 6.86. The number of rotatable bonds is 8. The summed E-state index contributed by atoms with van der Waals surface area (Å²) < 4.78 is 16.2. The minimum Gasteiger partial charge on any atom is -0.493 e. The van der Waals surface area contributed by atoms with Gasteiger partial charge in [-0.25, -0.2) is 0 Å². The Bertz CT molecular complexity index is 802. The maximum absolute atomic E-state index is 12.2. The fraction of sp³-hybridized carbons (Fsp3) is 0.300. The van der Waals surface area contributed by atoms with Gasteiger partial charge in [-0.3, -0.25) is 4.79 Å². The molecule has 1 N–H and O–H groups in total. The molecule has 0 aliphatic rings. The van der Waals surface area contributed by atoms with Crippen molar-refractivity contribution in [2.75, 3.05) is 13.7 Å². The molecule has 0 atom stereocenters. The highest BCUT2D eigenvalue weighted by Gasteiger charge is 2.11. The Morgan fingerprint density at radius 2 is 2.15 bits per heavy atom. The van der Waals surface area contributed by atoms with Crippen molar-refractivity contribution in [2.45, 2.75) is 20.4 Å². The molecule has 0 aliphatic heterocycles. The number of nitriles is 1. The highest BCUT2D eigenvalue weighted by molar-refractivity contribution is 6.01. The van der Waals surface area contributed by atoms with Gasteiger partial charge >= 0.3 is 0 Å². The average molecular weight is 354 g/mol. The van der Waals surface area contributed by atoms with Crippen molar-refractivity contribution < 1.29 is 18.7 Å². The summed E-state index contributed by atoms with van der Waals surface area (Å²) in [5, 5.41) is 11.9. The molecule has 26 heavy (non-hydrogen) atoms. The highest BCUT2D eigenvalue weighted by Crippen LogP contribution is 2.29. The van der Waals surface area contributed by atoms with Crippen molar-refractivity contribution in [1.29, 1.82) is 5.26 Å². The number of methoxy groups -OCH3 is 1. The van der Waals surface area contributed by atoms with Crippen molar-refractivity contribution in [3.63, 3.8) is 0 Å². The fourth-order valence-corrected chi connectivity index (χ4v) is 2.14. The topological polar surface area (TPSA) is 84.5 Å². The molecule has 136 valence electrons. The van der Waals surface area contributed by atoms with E-state index < -0.39 is 5.91 Å². The lowest BCUT2D eigenvalue weighted by Crippen LogP contribution is -2.23. The molecule has 1 heterocycles. The largest absolute Gasteiger partial charge is 0.493 e. The molecule has 0 bridgehead atoms. The smallest absolute Gasteiger partial charge is 0.262 e. The SMILES string of the molecule is COc1cc(/C=C(\C#N)C(=O)NCc2ccco2)ccc1OCC(C)C. The highest BCUT2D eigenvalue weighted by atomic mass is 16.5. The van der Waals surface area contributed by atoms with Crippen LogP contribution in [0.1, 0.15) is 25.2 Å². The molecule has 2 aromatic rings. The zero-order valence-corrected chi connectivity index (χ0v) is 15.1. The molecule has 2 rings (SSSR count). The standard InChI is InChI=1S/C20H22N2O4/c1-14(2)13-26-18-7-6-15(10-19(18)24-3)9-16(11-21)20(23)22-12-17-5-4-8-25-17/h4-10,14H,12-13H2,1-3H3,(H,22,23)/b16-9+. The molecule has 0 unspecified atom stereocenters. The third-order valence-corrected chi connectivity index (χ3v) is 3.44. The third kappa shape index (κ3) is 5.42. The van der Waals surface area contributed by atoms with Gasteiger partial charge in [-0.1, -0.05) is 19.9 Å². The molecule has 1 amide bonds. The van der Waals surface area contributed by atoms with Crippen molar-refractivity contribution in [3.8, 4) is 17.6 Å². The first-order valence-corrected chi connectivity index (χ1v) is 8.26. The van der Waals surface area contributed by atoms with E-state index in [9.17, 15) is 10.1 Å². The molecule has 0 fully saturated rings. The van der Waals surface area contributed by atoms with E-state index in [4.69, 9.17) is 13.9 Å². The Hall–Kier alpha value is -3.20. The second kappa shape index (κ2) is 9.33. The zero-order valence-electron chi connectivity index (χ0n) is 15.1. The van der Waals surface area contributed by atoms with Gasteiger partial charge in [0.15, 0.2) is 11.5 Å². The lowest BCUT2D eigenvalue weighted by molar-refractivity contribution is -0.117. The van der Waals surface area contributed by atoms with Crippen molar-refractivity contribution in [1.82, 2.24) is 5.32 Å². The Morgan fingerprint density at radius 3 is 2.77 bits per heavy atom. The number of carbonyl (C=O) groups excluding carboxylic acids is 1. The summed E-state index contributed by atoms with van der Waals surface area (Å²) in [6.07, 6.45) is 3.03. The number of nitrogens with one attached hydrogen (secondary N) is 1. The fourth-order valence-electron chi connectivity index (χ4n) is 2.14. The monoisotopic (exact) mass is 354 g/mol. The first-order chi connectivity index (χ1) is 12.5. The molecule has 1 aromatic carbocycles. The van der Waals surface area contributed by atoms with E-state index in [0.29, 0.717) is 35.3 Å². The summed E-state index contributed by atoms with van der Waals surface area (Å²) in [6, 6.07) is 10.7. The van der Waals surface area contributed by atoms with Crippen LogP contribution in [0.25, 0.3) is 6.08 Å². The van der Waals surface area contributed by atoms with Crippen LogP contribution < -0.4 is 14.8 Å². The number of ether oxygens (including phenoxy) is 2. The van der Waals surface area contributed by atoms with Crippen LogP contribution in [0.4, 0.5) is 0 Å². The maximum Gasteiger partial charge on any atom is 0.262 e. The molecule has 6 heteroatoms. The second-order valence-electron chi connectivity index (χ2n) is 6.05. The van der Waals surface area contributed by atoms with E-state index in [1.54, 1.807) is 37.4 Å². The van der Waals surface area contributed by atoms with Crippen LogP contribution in [0.3, 0.4) is 0 Å². The Morgan fingerprint density at radius 1 is 1.35 bits per heavy atom. The van der Waals surface area contributed by atoms with Gasteiger partial charge < -0.3 is 19.2 Å². The molecule has 0 saturated carbocycles. The normalized spacial score (nSPS) is 11.1. The van der Waals surface area contributed by atoms with Gasteiger partial charge in [0.2, 0.25) is 0 Å². The van der Waals surface area contributed by atoms with Gasteiger partial charge in [-0.15, -0.1) is 0 Å². The van der Waals surface area contributed by atoms with Gasteiger partial charge in [0.25, 0.3) is 5.91 Å². The predicted octanol–water partition coefficient (Wildman–Crippen LogP) is 3.55. The summed E-state index contributed by atoms with van der Waals surface area (Å²) in [5.74, 6) is 1.71. The van der Waals surface area contributed by atoms with Gasteiger partial charge in [-0.2, -0.15) is 5.26 Å². The zero-order chi connectivity index (χ0) is 18.9. The molecule has 6 nitrogen and oxygen atoms in total. The summed E-state index contributed by atoms with van der Waals surface area (Å²) in [6.45, 7) is 4.91. The van der Waals surface area contributed by atoms with Crippen LogP contribution >= 0.6 is 0 Å². The number of hydrogen-bond acceptors (Lipinski definition) is 5. The van der Waals surface area contributed by atoms with Crippen molar-refractivity contribution in [2.24, 2.45) is 5.92 Å². The molecular formula is C20H22N2O4. The van der Waals surface area contributed by atoms with E-state index in [0.717, 1.165) is 0 Å². The third-order valence-electron chi connectivity index (χ3n) is 3.44. The molecular weight excluding hydrogens is 332 g/mol. The number of benzene rings is 1. The van der Waals surface area contributed by atoms with Gasteiger partial charge in [0.1, 0.15) is 17.4 Å². The predicted molar refractivity (Wildman–Crippen MR) is 97.5 cm³/mol. The van der Waals surface area contributed by atoms with E-state index >= 15 is 0 Å². The summed E-state index contributed by atoms with van der Waals surface area (Å²) >= 11 is 0. The summed E-state index contributed by atoms with van der Waals surface area (Å²) in [5.41, 5.74) is 0.665. The number of furan rings is 1. The lowest BCUT2D eigenvalue weighted by Gasteiger charge is -2.13. The molecule has 0 aliphatic carbocycles. The second-order valence-corrected chi connectivity index (χ2v) is 6.05. The van der Waals surface area contributed by atoms with Crippen LogP contribution in [0.5, 0.6) is 11.5 Å². The maximum atomic E-state index is 12.2. The first-order valence-electron chi connectivity index (χ1n) is 8.26. The van der Waals surface area contributed by atoms with Crippen LogP contribution in [0, 0.1) is 17.2 Å². The summed E-state index contributed by atoms with van der Waals surface area (Å²) in [4.78, 5) is 12.2. The van der Waals surface area contributed by atoms with Crippen molar-refractivity contribution >= 4 is 12.0 Å². The van der Waals surface area contributed by atoms with E-state index in [1.807, 2.05) is 6.07 Å². The minimum absolute atomic E-state index is 0.00513. The number of carbonyl (C=O) groups is 1. The first kappa shape index (κ1) is 19.1. The number of nitrogens with zero attached hydrogens (tertiary/aromatic N) is 1. The van der Waals surface area contributed by atoms with Gasteiger partial charge in [0, 0.05) is 0 Å². The minimum atomic E-state index is -0.469. The van der Waals surface area contributed by atoms with E-state index in [1.165, 1.54) is 12.3 Å². The average Bonchev–Trinajstić information content (AvgIpc) is 3.16. The van der Waals surface area contributed by atoms with Crippen LogP contribution in [0.15, 0.2) is 46.6 Å². The Balaban J connectivity index is 2.11. The quantitative estimate of drug-likeness (QED) is 0.579. The van der Waals surface area contributed by atoms with E-state index in [2.05, 4.69) is 19.2 Å². The number of amides is 1. The van der Waals surface area contributed by atoms with E-state index in [-0.39, 0.29) is 12.1 Å². The van der Waals surface area contributed by atoms with Crippen LogP contribution in [-0.2, 0) is 11.3 Å². The molecule has 0 radical (unpaired) electrons. The van der Waals surface area contributed by atoms with Gasteiger partial charge in [0.05, 0.1) is 26.5 Å². The van der Waals surface area contributed by atoms with Crippen LogP contribution in [0.2, 0.25) is 0 Å². The Labute approximate surface area is 153 Å². The molecule has 0 spiro atoms. The lowest BCUT2D eigenvalue weighted by atomic mass is 10.1. The van der Waals surface area contributed by atoms with Gasteiger partial charge in [-0.05, 0) is 41.8 Å². The number of hydrogen-bond donors (Lipinski definition) is 1. The molecule has 0 saturated heterocycles. The van der Waals surface area contributed by atoms with Crippen molar-refractivity contribution in [3.05, 3.63) is 53.5 Å². The van der Waals surface area contributed by atoms with Crippen LogP contribution in [-0.4, -0.2) is 19.6 Å². The summed E-state index contributed by atoms with van der Waals surface area (Å²) in [7, 11) is 1.55. The molecule has 1 aromatic heterocycles.